The number of carbonyl (C=O) groups excluding carboxylic acids is 2. The van der Waals surface area contributed by atoms with E-state index in [9.17, 15) is 14.7 Å². The van der Waals surface area contributed by atoms with Crippen LogP contribution in [0.15, 0.2) is 71.0 Å². The summed E-state index contributed by atoms with van der Waals surface area (Å²) in [4.78, 5) is 24.6. The standard InChI is InChI=1S/C31H31Cl3N4O7/c1-4-43-25-13-20(28-27(30(40)42-3)17(2)36-31(41)37-28)7-10-24(25)44-16-26(39)38-35-14-19-11-22(33)29(23(34)12-19)45-15-18-5-8-21(32)9-6-18/h5-14,26,28,38-39H,4,15-16H2,1-3H3,(H2,36,37,41)/b35-14-/t26-,28-/m1/s1. The topological polar surface area (TPSA) is 140 Å². The van der Waals surface area contributed by atoms with E-state index in [2.05, 4.69) is 21.2 Å². The first-order valence-electron chi connectivity index (χ1n) is 13.7. The molecule has 3 aromatic carbocycles. The molecule has 4 N–H and O–H groups in total. The summed E-state index contributed by atoms with van der Waals surface area (Å²) in [7, 11) is 1.27. The van der Waals surface area contributed by atoms with Gasteiger partial charge in [-0.2, -0.15) is 5.10 Å². The highest BCUT2D eigenvalue weighted by Crippen LogP contribution is 2.36. The Balaban J connectivity index is 1.37. The van der Waals surface area contributed by atoms with Crippen molar-refractivity contribution in [2.24, 2.45) is 5.10 Å². The molecule has 0 spiro atoms. The second-order valence-corrected chi connectivity index (χ2v) is 10.9. The number of rotatable bonds is 13. The van der Waals surface area contributed by atoms with Crippen LogP contribution in [0.3, 0.4) is 0 Å². The number of nitrogens with one attached hydrogen (secondary N) is 3. The Kier molecular flexibility index (Phi) is 11.8. The van der Waals surface area contributed by atoms with E-state index in [1.54, 1.807) is 56.3 Å². The van der Waals surface area contributed by atoms with Crippen LogP contribution < -0.4 is 30.3 Å². The zero-order chi connectivity index (χ0) is 32.5. The van der Waals surface area contributed by atoms with Crippen molar-refractivity contribution in [3.8, 4) is 17.2 Å². The van der Waals surface area contributed by atoms with Crippen LogP contribution in [-0.2, 0) is 16.1 Å². The van der Waals surface area contributed by atoms with E-state index in [1.165, 1.54) is 13.3 Å². The van der Waals surface area contributed by atoms with E-state index in [0.29, 0.717) is 55.7 Å². The molecule has 0 radical (unpaired) electrons. The average molecular weight is 678 g/mol. The van der Waals surface area contributed by atoms with Crippen LogP contribution in [0.25, 0.3) is 0 Å². The molecule has 2 amide bonds. The van der Waals surface area contributed by atoms with Crippen LogP contribution in [0.1, 0.15) is 36.6 Å². The van der Waals surface area contributed by atoms with Gasteiger partial charge in [0.15, 0.2) is 23.5 Å². The molecule has 0 saturated heterocycles. The van der Waals surface area contributed by atoms with Crippen LogP contribution in [0.4, 0.5) is 4.79 Å². The van der Waals surface area contributed by atoms with Crippen molar-refractivity contribution in [3.05, 3.63) is 97.6 Å². The van der Waals surface area contributed by atoms with Crippen LogP contribution in [0.2, 0.25) is 15.1 Å². The average Bonchev–Trinajstić information content (AvgIpc) is 3.00. The van der Waals surface area contributed by atoms with Crippen LogP contribution >= 0.6 is 34.8 Å². The number of hydrogen-bond donors (Lipinski definition) is 4. The summed E-state index contributed by atoms with van der Waals surface area (Å²) < 4.78 is 22.2. The number of halogens is 3. The van der Waals surface area contributed by atoms with Gasteiger partial charge < -0.3 is 34.7 Å². The van der Waals surface area contributed by atoms with E-state index in [0.717, 1.165) is 5.56 Å². The Bertz CT molecular complexity index is 1580. The smallest absolute Gasteiger partial charge is 0.337 e. The molecule has 0 bridgehead atoms. The van der Waals surface area contributed by atoms with Gasteiger partial charge in [0.1, 0.15) is 13.2 Å². The minimum absolute atomic E-state index is 0.188. The molecule has 2 atom stereocenters. The number of ether oxygens (including phenoxy) is 4. The van der Waals surface area contributed by atoms with E-state index in [-0.39, 0.29) is 18.8 Å². The largest absolute Gasteiger partial charge is 0.490 e. The molecule has 0 aromatic heterocycles. The summed E-state index contributed by atoms with van der Waals surface area (Å²) in [6.45, 7) is 3.80. The second kappa shape index (κ2) is 15.7. The Labute approximate surface area is 275 Å². The highest BCUT2D eigenvalue weighted by Gasteiger charge is 2.32. The number of methoxy groups -OCH3 is 1. The first-order valence-corrected chi connectivity index (χ1v) is 14.8. The molecule has 0 fully saturated rings. The maximum Gasteiger partial charge on any atom is 0.337 e. The summed E-state index contributed by atoms with van der Waals surface area (Å²) in [6, 6.07) is 14.2. The van der Waals surface area contributed by atoms with Crippen LogP contribution in [0.5, 0.6) is 17.2 Å². The first kappa shape index (κ1) is 33.7. The van der Waals surface area contributed by atoms with Gasteiger partial charge >= 0.3 is 12.0 Å². The molecule has 45 heavy (non-hydrogen) atoms. The van der Waals surface area contributed by atoms with Crippen LogP contribution in [-0.4, -0.2) is 49.9 Å². The second-order valence-electron chi connectivity index (χ2n) is 9.64. The number of aliphatic hydroxyl groups is 1. The summed E-state index contributed by atoms with van der Waals surface area (Å²) >= 11 is 18.7. The predicted molar refractivity (Wildman–Crippen MR) is 171 cm³/mol. The lowest BCUT2D eigenvalue weighted by Crippen LogP contribution is -2.45. The predicted octanol–water partition coefficient (Wildman–Crippen LogP) is 5.75. The van der Waals surface area contributed by atoms with E-state index in [1.807, 2.05) is 12.1 Å². The molecule has 3 aromatic rings. The molecule has 238 valence electrons. The summed E-state index contributed by atoms with van der Waals surface area (Å²) in [6.07, 6.45) is 0.245. The molecule has 14 heteroatoms. The van der Waals surface area contributed by atoms with Gasteiger partial charge in [0, 0.05) is 10.7 Å². The lowest BCUT2D eigenvalue weighted by Gasteiger charge is -2.28. The van der Waals surface area contributed by atoms with Gasteiger partial charge in [-0.05, 0) is 66.9 Å². The Hall–Kier alpha value is -4.16. The molecule has 4 rings (SSSR count). The van der Waals surface area contributed by atoms with Crippen molar-refractivity contribution >= 4 is 53.0 Å². The fourth-order valence-electron chi connectivity index (χ4n) is 4.35. The lowest BCUT2D eigenvalue weighted by molar-refractivity contribution is -0.136. The Morgan fingerprint density at radius 1 is 1.04 bits per heavy atom. The van der Waals surface area contributed by atoms with Crippen molar-refractivity contribution in [3.63, 3.8) is 0 Å². The SMILES string of the molecule is CCOc1cc([C@H]2NC(=O)NC(C)=C2C(=O)OC)ccc1OC[C@@H](O)N/N=C\c1cc(Cl)c(OCc2ccc(Cl)cc2)c(Cl)c1. The number of allylic oxidation sites excluding steroid dienone is 1. The molecule has 11 nitrogen and oxygen atoms in total. The molecule has 0 aliphatic carbocycles. The van der Waals surface area contributed by atoms with Crippen molar-refractivity contribution in [2.45, 2.75) is 32.7 Å². The number of urea groups is 1. The molecular weight excluding hydrogens is 647 g/mol. The third-order valence-electron chi connectivity index (χ3n) is 6.43. The maximum atomic E-state index is 12.4. The Morgan fingerprint density at radius 2 is 1.76 bits per heavy atom. The summed E-state index contributed by atoms with van der Waals surface area (Å²) in [5, 5.41) is 21.0. The zero-order valence-electron chi connectivity index (χ0n) is 24.5. The minimum atomic E-state index is -1.19. The summed E-state index contributed by atoms with van der Waals surface area (Å²) in [5.41, 5.74) is 5.25. The molecule has 1 aliphatic heterocycles. The monoisotopic (exact) mass is 676 g/mol. The molecule has 1 heterocycles. The van der Waals surface area contributed by atoms with Gasteiger partial charge in [0.2, 0.25) is 0 Å². The number of carbonyl (C=O) groups is 2. The van der Waals surface area contributed by atoms with Crippen LogP contribution in [0, 0.1) is 0 Å². The van der Waals surface area contributed by atoms with Gasteiger partial charge in [-0.15, -0.1) is 0 Å². The van der Waals surface area contributed by atoms with Gasteiger partial charge in [0.05, 0.1) is 41.6 Å². The summed E-state index contributed by atoms with van der Waals surface area (Å²) in [5.74, 6) is 0.431. The fraction of sp³-hybridized carbons (Fsp3) is 0.258. The molecule has 1 aliphatic rings. The number of amides is 2. The van der Waals surface area contributed by atoms with Crippen molar-refractivity contribution in [1.29, 1.82) is 0 Å². The highest BCUT2D eigenvalue weighted by atomic mass is 35.5. The normalized spacial score (nSPS) is 15.3. The molecular formula is C31H31Cl3N4O7. The number of benzene rings is 3. The fourth-order valence-corrected chi connectivity index (χ4v) is 5.09. The third-order valence-corrected chi connectivity index (χ3v) is 7.24. The van der Waals surface area contributed by atoms with Gasteiger partial charge in [-0.3, -0.25) is 5.43 Å². The first-order chi connectivity index (χ1) is 21.6. The van der Waals surface area contributed by atoms with Crippen molar-refractivity contribution in [2.75, 3.05) is 20.3 Å². The lowest BCUT2D eigenvalue weighted by atomic mass is 9.95. The Morgan fingerprint density at radius 3 is 2.42 bits per heavy atom. The number of aliphatic hydroxyl groups excluding tert-OH is 1. The van der Waals surface area contributed by atoms with Crippen molar-refractivity contribution in [1.82, 2.24) is 16.1 Å². The van der Waals surface area contributed by atoms with Gasteiger partial charge in [0.25, 0.3) is 0 Å². The highest BCUT2D eigenvalue weighted by molar-refractivity contribution is 6.37. The number of nitrogens with zero attached hydrogens (tertiary/aromatic N) is 1. The van der Waals surface area contributed by atoms with Crippen molar-refractivity contribution < 1.29 is 33.6 Å². The number of esters is 1. The molecule has 0 unspecified atom stereocenters. The van der Waals surface area contributed by atoms with Gasteiger partial charge in [-0.1, -0.05) is 53.0 Å². The number of hydrazone groups is 1. The van der Waals surface area contributed by atoms with E-state index in [4.69, 9.17) is 53.8 Å². The van der Waals surface area contributed by atoms with E-state index >= 15 is 0 Å². The minimum Gasteiger partial charge on any atom is -0.490 e. The quantitative estimate of drug-likeness (QED) is 0.0777. The third kappa shape index (κ3) is 8.95. The zero-order valence-corrected chi connectivity index (χ0v) is 26.8. The van der Waals surface area contributed by atoms with E-state index < -0.39 is 24.3 Å². The van der Waals surface area contributed by atoms with Gasteiger partial charge in [-0.25, -0.2) is 9.59 Å². The number of hydrogen-bond acceptors (Lipinski definition) is 9. The molecule has 0 saturated carbocycles. The maximum absolute atomic E-state index is 12.4.